The van der Waals surface area contributed by atoms with E-state index in [1.165, 1.54) is 19.5 Å². The molecule has 2 aliphatic heterocycles. The number of ether oxygens (including phenoxy) is 1. The Hall–Kier alpha value is -0.160. The second-order valence-corrected chi connectivity index (χ2v) is 5.93. The Morgan fingerprint density at radius 2 is 2.11 bits per heavy atom. The van der Waals surface area contributed by atoms with E-state index in [0.29, 0.717) is 12.1 Å². The van der Waals surface area contributed by atoms with E-state index in [9.17, 15) is 0 Å². The number of rotatable bonds is 4. The van der Waals surface area contributed by atoms with Crippen LogP contribution in [0.2, 0.25) is 0 Å². The summed E-state index contributed by atoms with van der Waals surface area (Å²) in [5, 5.41) is 3.73. The molecular formula is C14H29N3O. The average Bonchev–Trinajstić information content (AvgIpc) is 2.38. The van der Waals surface area contributed by atoms with Crippen molar-refractivity contribution < 1.29 is 4.74 Å². The molecular weight excluding hydrogens is 226 g/mol. The number of hydrogen-bond acceptors (Lipinski definition) is 4. The van der Waals surface area contributed by atoms with Crippen LogP contribution >= 0.6 is 0 Å². The van der Waals surface area contributed by atoms with Gasteiger partial charge in [-0.2, -0.15) is 0 Å². The van der Waals surface area contributed by atoms with Gasteiger partial charge in [-0.05, 0) is 32.5 Å². The summed E-state index contributed by atoms with van der Waals surface area (Å²) in [7, 11) is 2.22. The van der Waals surface area contributed by atoms with Crippen LogP contribution in [0, 0.1) is 5.92 Å². The van der Waals surface area contributed by atoms with Gasteiger partial charge in [0.05, 0.1) is 12.7 Å². The largest absolute Gasteiger partial charge is 0.374 e. The minimum Gasteiger partial charge on any atom is -0.374 e. The molecule has 0 amide bonds. The monoisotopic (exact) mass is 255 g/mol. The van der Waals surface area contributed by atoms with Crippen molar-refractivity contribution in [2.45, 2.75) is 32.4 Å². The third-order valence-electron chi connectivity index (χ3n) is 4.39. The van der Waals surface area contributed by atoms with Crippen LogP contribution in [0.4, 0.5) is 0 Å². The van der Waals surface area contributed by atoms with Crippen molar-refractivity contribution in [3.63, 3.8) is 0 Å². The summed E-state index contributed by atoms with van der Waals surface area (Å²) in [5.41, 5.74) is 0. The maximum absolute atomic E-state index is 5.84. The molecule has 0 spiro atoms. The molecule has 3 unspecified atom stereocenters. The normalized spacial score (nSPS) is 35.8. The number of hydrogen-bond donors (Lipinski definition) is 1. The van der Waals surface area contributed by atoms with E-state index in [0.717, 1.165) is 38.7 Å². The third kappa shape index (κ3) is 3.92. The number of piperidine rings is 1. The summed E-state index contributed by atoms with van der Waals surface area (Å²) in [6, 6.07) is 0.668. The number of nitrogens with one attached hydrogen (secondary N) is 1. The molecule has 2 fully saturated rings. The summed E-state index contributed by atoms with van der Waals surface area (Å²) < 4.78 is 5.84. The topological polar surface area (TPSA) is 27.7 Å². The second kappa shape index (κ2) is 6.85. The highest BCUT2D eigenvalue weighted by Crippen LogP contribution is 2.15. The van der Waals surface area contributed by atoms with Crippen molar-refractivity contribution in [1.29, 1.82) is 0 Å². The van der Waals surface area contributed by atoms with Crippen molar-refractivity contribution in [1.82, 2.24) is 15.1 Å². The van der Waals surface area contributed by atoms with Gasteiger partial charge in [0.2, 0.25) is 0 Å². The minimum absolute atomic E-state index is 0.380. The first kappa shape index (κ1) is 14.3. The van der Waals surface area contributed by atoms with Gasteiger partial charge in [-0.15, -0.1) is 0 Å². The van der Waals surface area contributed by atoms with Gasteiger partial charge >= 0.3 is 0 Å². The molecule has 0 radical (unpaired) electrons. The van der Waals surface area contributed by atoms with Gasteiger partial charge in [0.1, 0.15) is 0 Å². The van der Waals surface area contributed by atoms with Gasteiger partial charge in [-0.3, -0.25) is 4.90 Å². The first-order chi connectivity index (χ1) is 8.69. The smallest absolute Gasteiger partial charge is 0.0826 e. The van der Waals surface area contributed by atoms with E-state index in [2.05, 4.69) is 36.0 Å². The molecule has 1 N–H and O–H groups in total. The molecule has 0 aromatic carbocycles. The fraction of sp³-hybridized carbons (Fsp3) is 1.00. The molecule has 3 atom stereocenters. The lowest BCUT2D eigenvalue weighted by Gasteiger charge is -2.37. The van der Waals surface area contributed by atoms with Crippen LogP contribution in [-0.2, 0) is 4.74 Å². The number of nitrogens with zero attached hydrogens (tertiary/aromatic N) is 2. The Morgan fingerprint density at radius 3 is 2.83 bits per heavy atom. The predicted molar refractivity (Wildman–Crippen MR) is 74.9 cm³/mol. The van der Waals surface area contributed by atoms with Gasteiger partial charge in [-0.25, -0.2) is 0 Å². The summed E-state index contributed by atoms with van der Waals surface area (Å²) in [4.78, 5) is 4.91. The lowest BCUT2D eigenvalue weighted by atomic mass is 9.94. The van der Waals surface area contributed by atoms with Crippen LogP contribution in [0.1, 0.15) is 20.3 Å². The van der Waals surface area contributed by atoms with Crippen LogP contribution in [-0.4, -0.2) is 74.9 Å². The highest BCUT2D eigenvalue weighted by Gasteiger charge is 2.25. The van der Waals surface area contributed by atoms with Crippen molar-refractivity contribution in [3.05, 3.63) is 0 Å². The van der Waals surface area contributed by atoms with Gasteiger partial charge in [0, 0.05) is 32.2 Å². The van der Waals surface area contributed by atoms with Crippen LogP contribution in [0.15, 0.2) is 0 Å². The van der Waals surface area contributed by atoms with Gasteiger partial charge in [-0.1, -0.05) is 13.8 Å². The Balaban J connectivity index is 1.70. The first-order valence-electron chi connectivity index (χ1n) is 7.45. The molecule has 0 bridgehead atoms. The van der Waals surface area contributed by atoms with E-state index in [-0.39, 0.29) is 0 Å². The van der Waals surface area contributed by atoms with Crippen molar-refractivity contribution in [2.24, 2.45) is 5.92 Å². The van der Waals surface area contributed by atoms with Crippen LogP contribution < -0.4 is 5.32 Å². The fourth-order valence-electron chi connectivity index (χ4n) is 3.13. The zero-order valence-electron chi connectivity index (χ0n) is 12.2. The molecule has 2 rings (SSSR count). The summed E-state index contributed by atoms with van der Waals surface area (Å²) in [5.74, 6) is 0.745. The van der Waals surface area contributed by atoms with E-state index >= 15 is 0 Å². The average molecular weight is 255 g/mol. The highest BCUT2D eigenvalue weighted by atomic mass is 16.5. The quantitative estimate of drug-likeness (QED) is 0.798. The van der Waals surface area contributed by atoms with E-state index in [4.69, 9.17) is 4.74 Å². The maximum Gasteiger partial charge on any atom is 0.0826 e. The zero-order valence-corrected chi connectivity index (χ0v) is 12.2. The summed E-state index contributed by atoms with van der Waals surface area (Å²) >= 11 is 0. The van der Waals surface area contributed by atoms with Crippen molar-refractivity contribution in [2.75, 3.05) is 52.9 Å². The SMILES string of the molecule is CCN1CCOC(CNC2CCN(C)CC2C)C1. The number of morpholine rings is 1. The minimum atomic E-state index is 0.380. The van der Waals surface area contributed by atoms with E-state index in [1.807, 2.05) is 0 Å². The maximum atomic E-state index is 5.84. The Labute approximate surface area is 112 Å². The lowest BCUT2D eigenvalue weighted by Crippen LogP contribution is -2.52. The molecule has 18 heavy (non-hydrogen) atoms. The molecule has 0 saturated carbocycles. The molecule has 2 aliphatic rings. The van der Waals surface area contributed by atoms with E-state index < -0.39 is 0 Å². The Morgan fingerprint density at radius 1 is 1.28 bits per heavy atom. The summed E-state index contributed by atoms with van der Waals surface area (Å²) in [6.07, 6.45) is 1.65. The van der Waals surface area contributed by atoms with Crippen LogP contribution in [0.3, 0.4) is 0 Å². The first-order valence-corrected chi connectivity index (χ1v) is 7.45. The molecule has 4 heteroatoms. The van der Waals surface area contributed by atoms with Crippen LogP contribution in [0.5, 0.6) is 0 Å². The zero-order chi connectivity index (χ0) is 13.0. The van der Waals surface area contributed by atoms with Crippen molar-refractivity contribution in [3.8, 4) is 0 Å². The molecule has 0 aliphatic carbocycles. The number of likely N-dealkylation sites (N-methyl/N-ethyl adjacent to an activating group) is 1. The molecule has 2 saturated heterocycles. The van der Waals surface area contributed by atoms with Gasteiger partial charge in [0.25, 0.3) is 0 Å². The third-order valence-corrected chi connectivity index (χ3v) is 4.39. The molecule has 0 aromatic heterocycles. The number of likely N-dealkylation sites (tertiary alicyclic amines) is 1. The molecule has 4 nitrogen and oxygen atoms in total. The second-order valence-electron chi connectivity index (χ2n) is 5.93. The standard InChI is InChI=1S/C14H29N3O/c1-4-17-7-8-18-13(11-17)9-15-14-5-6-16(3)10-12(14)2/h12-15H,4-11H2,1-3H3. The Kier molecular flexibility index (Phi) is 5.42. The summed E-state index contributed by atoms with van der Waals surface area (Å²) in [6.45, 7) is 12.2. The molecule has 0 aromatic rings. The Bertz CT molecular complexity index is 249. The van der Waals surface area contributed by atoms with Crippen molar-refractivity contribution >= 4 is 0 Å². The lowest BCUT2D eigenvalue weighted by molar-refractivity contribution is -0.0280. The predicted octanol–water partition coefficient (Wildman–Crippen LogP) is 0.637. The van der Waals surface area contributed by atoms with E-state index in [1.54, 1.807) is 0 Å². The molecule has 2 heterocycles. The fourth-order valence-corrected chi connectivity index (χ4v) is 3.13. The molecule has 106 valence electrons. The van der Waals surface area contributed by atoms with Gasteiger partial charge in [0.15, 0.2) is 0 Å². The van der Waals surface area contributed by atoms with Gasteiger partial charge < -0.3 is 15.0 Å². The van der Waals surface area contributed by atoms with Crippen LogP contribution in [0.25, 0.3) is 0 Å². The highest BCUT2D eigenvalue weighted by molar-refractivity contribution is 4.83.